The highest BCUT2D eigenvalue weighted by Crippen LogP contribution is 2.22. The number of hydrogen-bond acceptors (Lipinski definition) is 3. The fourth-order valence-corrected chi connectivity index (χ4v) is 0.833. The molecule has 0 spiro atoms. The van der Waals surface area contributed by atoms with E-state index in [0.717, 1.165) is 12.1 Å². The average Bonchev–Trinajstić information content (AvgIpc) is 2.15. The molecule has 4 heteroatoms. The largest absolute Gasteiger partial charge is 0.495 e. The number of ether oxygens (including phenoxy) is 1. The zero-order chi connectivity index (χ0) is 12.3. The minimum Gasteiger partial charge on any atom is -0.495 e. The topological polar surface area (TPSA) is 52.4 Å². The second-order valence-electron chi connectivity index (χ2n) is 2.18. The van der Waals surface area contributed by atoms with Crippen molar-refractivity contribution in [1.82, 2.24) is 0 Å². The van der Waals surface area contributed by atoms with E-state index in [1.165, 1.54) is 6.07 Å². The molecule has 0 saturated carbocycles. The van der Waals surface area contributed by atoms with Crippen LogP contribution in [0.4, 0.5) is 5.69 Å². The lowest BCUT2D eigenvalue weighted by Gasteiger charge is -2.01. The second kappa shape index (κ2) is 3.59. The summed E-state index contributed by atoms with van der Waals surface area (Å²) in [4.78, 5) is 9.83. The number of rotatable bonds is 2. The van der Waals surface area contributed by atoms with Gasteiger partial charge >= 0.3 is 0 Å². The third-order valence-electron chi connectivity index (χ3n) is 1.44. The maximum Gasteiger partial charge on any atom is 0.270 e. The second-order valence-corrected chi connectivity index (χ2v) is 2.18. The Balaban J connectivity index is 3.14. The van der Waals surface area contributed by atoms with Gasteiger partial charge in [-0.25, -0.2) is 0 Å². The molecule has 0 aromatic heterocycles. The van der Waals surface area contributed by atoms with Gasteiger partial charge in [0.15, 0.2) is 0 Å². The average molecular weight is 180 g/mol. The smallest absolute Gasteiger partial charge is 0.270 e. The van der Waals surface area contributed by atoms with E-state index in [-0.39, 0.29) is 17.0 Å². The molecule has 4 nitrogen and oxygen atoms in total. The molecular formula is C9H7NO3. The number of nitrogens with zero attached hydrogens (tertiary/aromatic N) is 1. The molecular weight excluding hydrogens is 170 g/mol. The van der Waals surface area contributed by atoms with Gasteiger partial charge in [0.2, 0.25) is 0 Å². The highest BCUT2D eigenvalue weighted by atomic mass is 16.6. The quantitative estimate of drug-likeness (QED) is 0.394. The molecule has 1 aromatic rings. The van der Waals surface area contributed by atoms with Crippen molar-refractivity contribution >= 4 is 5.69 Å². The molecule has 0 radical (unpaired) electrons. The molecule has 0 aliphatic heterocycles. The fraction of sp³-hybridized carbons (Fsp3) is 0.111. The maximum absolute atomic E-state index is 10.5. The van der Waals surface area contributed by atoms with Crippen LogP contribution in [0.2, 0.25) is 0 Å². The van der Waals surface area contributed by atoms with Gasteiger partial charge in [-0.15, -0.1) is 6.42 Å². The van der Waals surface area contributed by atoms with Crippen molar-refractivity contribution in [3.8, 4) is 18.1 Å². The van der Waals surface area contributed by atoms with Gasteiger partial charge in [0.05, 0.1) is 21.6 Å². The lowest BCUT2D eigenvalue weighted by molar-refractivity contribution is -0.384. The van der Waals surface area contributed by atoms with E-state index in [1.54, 1.807) is 0 Å². The Morgan fingerprint density at radius 3 is 3.08 bits per heavy atom. The predicted molar refractivity (Wildman–Crippen MR) is 47.6 cm³/mol. The SMILES string of the molecule is [2H]C([2H])([2H])Oc1ccc([N+](=O)[O-])cc1C#C. The molecule has 0 fully saturated rings. The minimum atomic E-state index is -2.64. The molecule has 0 atom stereocenters. The van der Waals surface area contributed by atoms with Crippen molar-refractivity contribution < 1.29 is 13.8 Å². The predicted octanol–water partition coefficient (Wildman–Crippen LogP) is 1.58. The van der Waals surface area contributed by atoms with Gasteiger partial charge in [0, 0.05) is 12.1 Å². The third-order valence-corrected chi connectivity index (χ3v) is 1.44. The van der Waals surface area contributed by atoms with Crippen LogP contribution >= 0.6 is 0 Å². The van der Waals surface area contributed by atoms with Crippen LogP contribution in [0.15, 0.2) is 18.2 Å². The number of non-ortho nitro benzene ring substituents is 1. The van der Waals surface area contributed by atoms with Crippen LogP contribution in [-0.4, -0.2) is 12.0 Å². The maximum atomic E-state index is 10.5. The van der Waals surface area contributed by atoms with Gasteiger partial charge in [-0.1, -0.05) is 5.92 Å². The summed E-state index contributed by atoms with van der Waals surface area (Å²) >= 11 is 0. The van der Waals surface area contributed by atoms with Crippen LogP contribution in [-0.2, 0) is 0 Å². The van der Waals surface area contributed by atoms with Crippen LogP contribution in [0.5, 0.6) is 5.75 Å². The molecule has 0 bridgehead atoms. The first-order chi connectivity index (χ1) is 7.33. The first-order valence-electron chi connectivity index (χ1n) is 4.77. The third kappa shape index (κ3) is 1.76. The van der Waals surface area contributed by atoms with Crippen molar-refractivity contribution in [2.45, 2.75) is 0 Å². The van der Waals surface area contributed by atoms with Crippen molar-refractivity contribution in [2.24, 2.45) is 0 Å². The lowest BCUT2D eigenvalue weighted by Crippen LogP contribution is -1.91. The Kier molecular flexibility index (Phi) is 1.54. The van der Waals surface area contributed by atoms with Crippen LogP contribution in [0.25, 0.3) is 0 Å². The molecule has 0 heterocycles. The highest BCUT2D eigenvalue weighted by Gasteiger charge is 2.08. The molecule has 0 unspecified atom stereocenters. The van der Waals surface area contributed by atoms with Crippen LogP contribution in [0.3, 0.4) is 0 Å². The molecule has 0 N–H and O–H groups in total. The summed E-state index contributed by atoms with van der Waals surface area (Å²) in [6.07, 6.45) is 5.10. The summed E-state index contributed by atoms with van der Waals surface area (Å²) < 4.78 is 25.3. The number of nitro benzene ring substituents is 1. The summed E-state index contributed by atoms with van der Waals surface area (Å²) in [5.41, 5.74) is -0.184. The Hall–Kier alpha value is -2.02. The highest BCUT2D eigenvalue weighted by molar-refractivity contribution is 5.51. The summed E-state index contributed by atoms with van der Waals surface area (Å²) in [7, 11) is -2.64. The number of hydrogen-bond donors (Lipinski definition) is 0. The Labute approximate surface area is 79.5 Å². The Morgan fingerprint density at radius 2 is 2.54 bits per heavy atom. The van der Waals surface area contributed by atoms with Crippen LogP contribution < -0.4 is 4.74 Å². The van der Waals surface area contributed by atoms with Gasteiger partial charge < -0.3 is 4.74 Å². The summed E-state index contributed by atoms with van der Waals surface area (Å²) in [6.45, 7) is 0. The monoisotopic (exact) mass is 180 g/mol. The fourth-order valence-electron chi connectivity index (χ4n) is 0.833. The van der Waals surface area contributed by atoms with E-state index in [4.69, 9.17) is 10.5 Å². The Bertz CT molecular complexity index is 462. The van der Waals surface area contributed by atoms with E-state index in [9.17, 15) is 10.1 Å². The van der Waals surface area contributed by atoms with Crippen molar-refractivity contribution in [2.75, 3.05) is 7.04 Å². The van der Waals surface area contributed by atoms with Crippen molar-refractivity contribution in [3.05, 3.63) is 33.9 Å². The lowest BCUT2D eigenvalue weighted by atomic mass is 10.2. The molecule has 0 aliphatic rings. The number of benzene rings is 1. The summed E-state index contributed by atoms with van der Waals surface area (Å²) in [5, 5.41) is 10.5. The molecule has 66 valence electrons. The van der Waals surface area contributed by atoms with E-state index in [1.807, 2.05) is 0 Å². The minimum absolute atomic E-state index is 0.0327. The van der Waals surface area contributed by atoms with E-state index >= 15 is 0 Å². The normalized spacial score (nSPS) is 13.3. The zero-order valence-electron chi connectivity index (χ0n) is 9.48. The molecule has 0 aliphatic carbocycles. The molecule has 1 rings (SSSR count). The molecule has 1 aromatic carbocycles. The number of terminal acetylenes is 1. The molecule has 0 amide bonds. The van der Waals surface area contributed by atoms with Crippen LogP contribution in [0.1, 0.15) is 9.68 Å². The standard InChI is InChI=1S/C9H7NO3/c1-3-7-6-8(10(11)12)4-5-9(7)13-2/h1,4-6H,2H3/i2D3. The van der Waals surface area contributed by atoms with Gasteiger partial charge in [0.25, 0.3) is 5.69 Å². The summed E-state index contributed by atoms with van der Waals surface area (Å²) in [6, 6.07) is 3.38. The van der Waals surface area contributed by atoms with E-state index in [0.29, 0.717) is 0 Å². The summed E-state index contributed by atoms with van der Waals surface area (Å²) in [5.74, 6) is 2.06. The van der Waals surface area contributed by atoms with Crippen LogP contribution in [0, 0.1) is 22.5 Å². The number of nitro groups is 1. The van der Waals surface area contributed by atoms with E-state index in [2.05, 4.69) is 10.7 Å². The first-order valence-corrected chi connectivity index (χ1v) is 3.27. The Morgan fingerprint density at radius 1 is 1.77 bits per heavy atom. The van der Waals surface area contributed by atoms with Gasteiger partial charge in [-0.2, -0.15) is 0 Å². The molecule has 13 heavy (non-hydrogen) atoms. The van der Waals surface area contributed by atoms with E-state index < -0.39 is 12.0 Å². The first kappa shape index (κ1) is 5.60. The molecule has 0 saturated heterocycles. The van der Waals surface area contributed by atoms with Gasteiger partial charge in [-0.05, 0) is 6.07 Å². The van der Waals surface area contributed by atoms with Gasteiger partial charge in [-0.3, -0.25) is 10.1 Å². The zero-order valence-corrected chi connectivity index (χ0v) is 6.48. The van der Waals surface area contributed by atoms with Gasteiger partial charge in [0.1, 0.15) is 5.75 Å². The van der Waals surface area contributed by atoms with Crippen molar-refractivity contribution in [1.29, 1.82) is 0 Å². The van der Waals surface area contributed by atoms with Crippen molar-refractivity contribution in [3.63, 3.8) is 0 Å². The number of methoxy groups -OCH3 is 1.